The van der Waals surface area contributed by atoms with Gasteiger partial charge >= 0.3 is 0 Å². The van der Waals surface area contributed by atoms with Crippen LogP contribution in [0, 0.1) is 5.82 Å². The van der Waals surface area contributed by atoms with Crippen LogP contribution in [-0.4, -0.2) is 69.9 Å². The topological polar surface area (TPSA) is 82.2 Å². The third kappa shape index (κ3) is 4.81. The number of thiophene rings is 1. The zero-order valence-electron chi connectivity index (χ0n) is 15.7. The fourth-order valence-corrected chi connectivity index (χ4v) is 5.30. The SMILES string of the molecule is CN(CCN=C(N)N1CCN(c2ccc(F)cc2)CC1)S(=O)(=O)c1cccs1. The monoisotopic (exact) mass is 425 g/mol. The second-order valence-electron chi connectivity index (χ2n) is 6.45. The van der Waals surface area contributed by atoms with Crippen molar-refractivity contribution in [2.45, 2.75) is 4.21 Å². The van der Waals surface area contributed by atoms with Crippen molar-refractivity contribution in [3.8, 4) is 0 Å². The quantitative estimate of drug-likeness (QED) is 0.562. The van der Waals surface area contributed by atoms with E-state index in [9.17, 15) is 12.8 Å². The molecular formula is C18H24FN5O2S2. The highest BCUT2D eigenvalue weighted by Crippen LogP contribution is 2.19. The molecule has 10 heteroatoms. The number of halogens is 1. The molecule has 1 aliphatic heterocycles. The van der Waals surface area contributed by atoms with Crippen molar-refractivity contribution in [2.75, 3.05) is 51.2 Å². The van der Waals surface area contributed by atoms with Crippen molar-refractivity contribution in [1.82, 2.24) is 9.21 Å². The number of guanidine groups is 1. The van der Waals surface area contributed by atoms with E-state index in [0.29, 0.717) is 29.8 Å². The van der Waals surface area contributed by atoms with Gasteiger partial charge in [-0.05, 0) is 35.7 Å². The van der Waals surface area contributed by atoms with Crippen LogP contribution in [0.1, 0.15) is 0 Å². The first-order valence-electron chi connectivity index (χ1n) is 8.93. The Morgan fingerprint density at radius 2 is 1.89 bits per heavy atom. The number of sulfonamides is 1. The normalized spacial score (nSPS) is 16.0. The highest BCUT2D eigenvalue weighted by molar-refractivity contribution is 7.91. The third-order valence-corrected chi connectivity index (χ3v) is 7.87. The van der Waals surface area contributed by atoms with Crippen molar-refractivity contribution in [1.29, 1.82) is 0 Å². The van der Waals surface area contributed by atoms with E-state index in [1.165, 1.54) is 27.8 Å². The minimum absolute atomic E-state index is 0.246. The Labute approximate surface area is 168 Å². The van der Waals surface area contributed by atoms with E-state index in [-0.39, 0.29) is 12.4 Å². The Kier molecular flexibility index (Phi) is 6.53. The van der Waals surface area contributed by atoms with Gasteiger partial charge in [-0.15, -0.1) is 11.3 Å². The molecule has 28 heavy (non-hydrogen) atoms. The number of nitrogens with zero attached hydrogens (tertiary/aromatic N) is 4. The summed E-state index contributed by atoms with van der Waals surface area (Å²) >= 11 is 1.20. The summed E-state index contributed by atoms with van der Waals surface area (Å²) in [7, 11) is -1.92. The van der Waals surface area contributed by atoms with Gasteiger partial charge in [-0.2, -0.15) is 4.31 Å². The molecule has 0 spiro atoms. The first kappa shape index (κ1) is 20.6. The maximum absolute atomic E-state index is 13.1. The largest absolute Gasteiger partial charge is 0.370 e. The van der Waals surface area contributed by atoms with Crippen molar-refractivity contribution in [2.24, 2.45) is 10.7 Å². The van der Waals surface area contributed by atoms with Crippen LogP contribution in [0.5, 0.6) is 0 Å². The Morgan fingerprint density at radius 1 is 1.21 bits per heavy atom. The number of aliphatic imine (C=N–C) groups is 1. The van der Waals surface area contributed by atoms with Crippen LogP contribution >= 0.6 is 11.3 Å². The number of hydrogen-bond acceptors (Lipinski definition) is 5. The summed E-state index contributed by atoms with van der Waals surface area (Å²) in [4.78, 5) is 8.49. The fraction of sp³-hybridized carbons (Fsp3) is 0.389. The van der Waals surface area contributed by atoms with Gasteiger partial charge in [0.05, 0.1) is 6.54 Å². The molecule has 0 bridgehead atoms. The van der Waals surface area contributed by atoms with Crippen molar-refractivity contribution in [3.63, 3.8) is 0 Å². The third-order valence-electron chi connectivity index (χ3n) is 4.64. The fourth-order valence-electron chi connectivity index (χ4n) is 2.94. The van der Waals surface area contributed by atoms with Crippen molar-refractivity contribution >= 4 is 33.0 Å². The van der Waals surface area contributed by atoms with Gasteiger partial charge in [-0.1, -0.05) is 6.07 Å². The lowest BCUT2D eigenvalue weighted by molar-refractivity contribution is 0.380. The first-order valence-corrected chi connectivity index (χ1v) is 11.2. The number of likely N-dealkylation sites (N-methyl/N-ethyl adjacent to an activating group) is 1. The van der Waals surface area contributed by atoms with Crippen LogP contribution in [0.3, 0.4) is 0 Å². The number of anilines is 1. The van der Waals surface area contributed by atoms with E-state index in [2.05, 4.69) is 9.89 Å². The van der Waals surface area contributed by atoms with E-state index in [0.717, 1.165) is 18.8 Å². The molecule has 2 aromatic rings. The van der Waals surface area contributed by atoms with E-state index in [4.69, 9.17) is 5.73 Å². The Bertz CT molecular complexity index is 893. The van der Waals surface area contributed by atoms with Gasteiger partial charge in [0, 0.05) is 45.5 Å². The van der Waals surface area contributed by atoms with E-state index in [1.807, 2.05) is 4.90 Å². The summed E-state index contributed by atoms with van der Waals surface area (Å²) in [5, 5.41) is 1.74. The molecule has 1 aromatic heterocycles. The average molecular weight is 426 g/mol. The Hall–Kier alpha value is -2.17. The second-order valence-corrected chi connectivity index (χ2v) is 9.67. The van der Waals surface area contributed by atoms with Gasteiger partial charge in [-0.25, -0.2) is 12.8 Å². The van der Waals surface area contributed by atoms with Crippen LogP contribution in [0.15, 0.2) is 51.0 Å². The molecule has 0 atom stereocenters. The van der Waals surface area contributed by atoms with Gasteiger partial charge in [0.25, 0.3) is 10.0 Å². The first-order chi connectivity index (χ1) is 13.4. The molecule has 1 fully saturated rings. The summed E-state index contributed by atoms with van der Waals surface area (Å²) in [6.45, 7) is 3.48. The van der Waals surface area contributed by atoms with Gasteiger partial charge in [0.1, 0.15) is 10.0 Å². The molecule has 1 aliphatic rings. The molecule has 0 unspecified atom stereocenters. The van der Waals surface area contributed by atoms with Crippen LogP contribution in [0.25, 0.3) is 0 Å². The lowest BCUT2D eigenvalue weighted by atomic mass is 10.2. The van der Waals surface area contributed by atoms with E-state index < -0.39 is 10.0 Å². The summed E-state index contributed by atoms with van der Waals surface area (Å²) in [6, 6.07) is 9.76. The number of rotatable bonds is 6. The summed E-state index contributed by atoms with van der Waals surface area (Å²) in [5.41, 5.74) is 7.07. The van der Waals surface area contributed by atoms with Crippen LogP contribution < -0.4 is 10.6 Å². The number of piperazine rings is 1. The molecule has 7 nitrogen and oxygen atoms in total. The van der Waals surface area contributed by atoms with Gasteiger partial charge < -0.3 is 15.5 Å². The lowest BCUT2D eigenvalue weighted by Crippen LogP contribution is -2.51. The number of nitrogens with two attached hydrogens (primary N) is 1. The second kappa shape index (κ2) is 8.89. The van der Waals surface area contributed by atoms with Crippen LogP contribution in [-0.2, 0) is 10.0 Å². The zero-order valence-corrected chi connectivity index (χ0v) is 17.3. The molecular weight excluding hydrogens is 401 g/mol. The number of hydrogen-bond donors (Lipinski definition) is 1. The standard InChI is InChI=1S/C18H24FN5O2S2/c1-22(28(25,26)17-3-2-14-27-17)9-8-21-18(20)24-12-10-23(11-13-24)16-6-4-15(19)5-7-16/h2-7,14H,8-13H2,1H3,(H2,20,21). The molecule has 152 valence electrons. The Balaban J connectivity index is 1.49. The molecule has 2 heterocycles. The highest BCUT2D eigenvalue weighted by Gasteiger charge is 2.22. The minimum atomic E-state index is -3.46. The molecule has 1 saturated heterocycles. The summed E-state index contributed by atoms with van der Waals surface area (Å²) in [6.07, 6.45) is 0. The molecule has 0 saturated carbocycles. The molecule has 0 amide bonds. The predicted molar refractivity (Wildman–Crippen MR) is 111 cm³/mol. The van der Waals surface area contributed by atoms with Crippen molar-refractivity contribution in [3.05, 3.63) is 47.6 Å². The maximum Gasteiger partial charge on any atom is 0.252 e. The average Bonchev–Trinajstić information content (AvgIpc) is 3.24. The summed E-state index contributed by atoms with van der Waals surface area (Å²) < 4.78 is 39.4. The van der Waals surface area contributed by atoms with Gasteiger partial charge in [0.15, 0.2) is 5.96 Å². The van der Waals surface area contributed by atoms with E-state index >= 15 is 0 Å². The Morgan fingerprint density at radius 3 is 2.50 bits per heavy atom. The number of benzene rings is 1. The van der Waals surface area contributed by atoms with Crippen LogP contribution in [0.4, 0.5) is 10.1 Å². The van der Waals surface area contributed by atoms with Crippen molar-refractivity contribution < 1.29 is 12.8 Å². The van der Waals surface area contributed by atoms with Gasteiger partial charge in [-0.3, -0.25) is 4.99 Å². The molecule has 3 rings (SSSR count). The molecule has 2 N–H and O–H groups in total. The lowest BCUT2D eigenvalue weighted by Gasteiger charge is -2.36. The smallest absolute Gasteiger partial charge is 0.252 e. The zero-order chi connectivity index (χ0) is 20.1. The molecule has 0 radical (unpaired) electrons. The summed E-state index contributed by atoms with van der Waals surface area (Å²) in [5.74, 6) is 0.172. The molecule has 0 aliphatic carbocycles. The minimum Gasteiger partial charge on any atom is -0.370 e. The molecule has 1 aromatic carbocycles. The van der Waals surface area contributed by atoms with E-state index in [1.54, 1.807) is 36.7 Å². The van der Waals surface area contributed by atoms with Crippen LogP contribution in [0.2, 0.25) is 0 Å². The predicted octanol–water partition coefficient (Wildman–Crippen LogP) is 1.64. The maximum atomic E-state index is 13.1. The highest BCUT2D eigenvalue weighted by atomic mass is 32.2. The van der Waals surface area contributed by atoms with Gasteiger partial charge in [0.2, 0.25) is 0 Å².